The molecule has 0 atom stereocenters. The third-order valence-corrected chi connectivity index (χ3v) is 1.99. The fraction of sp³-hybridized carbons (Fsp3) is 1.00. The van der Waals surface area contributed by atoms with E-state index in [1.165, 1.54) is 12.8 Å². The first-order valence-corrected chi connectivity index (χ1v) is 4.96. The Morgan fingerprint density at radius 1 is 1.21 bits per heavy atom. The maximum atomic E-state index is 11.6. The molecule has 1 N–H and O–H groups in total. The van der Waals surface area contributed by atoms with Crippen LogP contribution in [-0.2, 0) is 4.74 Å². The molecule has 0 saturated heterocycles. The van der Waals surface area contributed by atoms with Crippen LogP contribution in [0.3, 0.4) is 0 Å². The van der Waals surface area contributed by atoms with Crippen LogP contribution < -0.4 is 5.32 Å². The SMILES string of the molecule is FC(F)(F)COCCCCNC1CC1. The van der Waals surface area contributed by atoms with Crippen molar-refractivity contribution in [2.24, 2.45) is 0 Å². The molecule has 1 fully saturated rings. The molecule has 0 amide bonds. The maximum absolute atomic E-state index is 11.6. The van der Waals surface area contributed by atoms with Crippen LogP contribution in [-0.4, -0.2) is 32.0 Å². The van der Waals surface area contributed by atoms with Crippen LogP contribution in [0.15, 0.2) is 0 Å². The molecular formula is C9H16F3NO. The molecule has 0 unspecified atom stereocenters. The van der Waals surface area contributed by atoms with E-state index in [-0.39, 0.29) is 6.61 Å². The predicted octanol–water partition coefficient (Wildman–Crippen LogP) is 2.10. The molecule has 0 heterocycles. The van der Waals surface area contributed by atoms with E-state index in [0.29, 0.717) is 12.5 Å². The van der Waals surface area contributed by atoms with Gasteiger partial charge in [0, 0.05) is 12.6 Å². The van der Waals surface area contributed by atoms with Gasteiger partial charge in [0.2, 0.25) is 0 Å². The number of hydrogen-bond donors (Lipinski definition) is 1. The Kier molecular flexibility index (Phi) is 4.68. The zero-order chi connectivity index (χ0) is 10.4. The van der Waals surface area contributed by atoms with Crippen LogP contribution >= 0.6 is 0 Å². The molecule has 5 heteroatoms. The minimum Gasteiger partial charge on any atom is -0.372 e. The van der Waals surface area contributed by atoms with Gasteiger partial charge in [-0.05, 0) is 32.2 Å². The summed E-state index contributed by atoms with van der Waals surface area (Å²) in [7, 11) is 0. The minimum atomic E-state index is -4.19. The van der Waals surface area contributed by atoms with Crippen molar-refractivity contribution in [3.63, 3.8) is 0 Å². The van der Waals surface area contributed by atoms with E-state index in [9.17, 15) is 13.2 Å². The Morgan fingerprint density at radius 2 is 1.93 bits per heavy atom. The van der Waals surface area contributed by atoms with Gasteiger partial charge in [0.25, 0.3) is 0 Å². The second kappa shape index (κ2) is 5.56. The van der Waals surface area contributed by atoms with Gasteiger partial charge in [0.15, 0.2) is 0 Å². The van der Waals surface area contributed by atoms with Gasteiger partial charge in [0.05, 0.1) is 0 Å². The summed E-state index contributed by atoms with van der Waals surface area (Å²) in [6.45, 7) is -0.0328. The average molecular weight is 211 g/mol. The Balaban J connectivity index is 1.75. The molecular weight excluding hydrogens is 195 g/mol. The lowest BCUT2D eigenvalue weighted by atomic mass is 10.3. The van der Waals surface area contributed by atoms with Gasteiger partial charge in [-0.1, -0.05) is 0 Å². The van der Waals surface area contributed by atoms with E-state index in [4.69, 9.17) is 0 Å². The Bertz CT molecular complexity index is 157. The topological polar surface area (TPSA) is 21.3 Å². The van der Waals surface area contributed by atoms with Crippen molar-refractivity contribution < 1.29 is 17.9 Å². The van der Waals surface area contributed by atoms with E-state index in [1.54, 1.807) is 0 Å². The summed E-state index contributed by atoms with van der Waals surface area (Å²) in [6, 6.07) is 0.672. The van der Waals surface area contributed by atoms with Crippen molar-refractivity contribution in [1.82, 2.24) is 5.32 Å². The smallest absolute Gasteiger partial charge is 0.372 e. The first kappa shape index (κ1) is 11.8. The zero-order valence-corrected chi connectivity index (χ0v) is 8.07. The number of ether oxygens (including phenoxy) is 1. The number of unbranched alkanes of at least 4 members (excludes halogenated alkanes) is 1. The summed E-state index contributed by atoms with van der Waals surface area (Å²) < 4.78 is 39.3. The van der Waals surface area contributed by atoms with Crippen molar-refractivity contribution in [1.29, 1.82) is 0 Å². The van der Waals surface area contributed by atoms with E-state index >= 15 is 0 Å². The molecule has 0 aliphatic heterocycles. The van der Waals surface area contributed by atoms with Crippen LogP contribution in [0, 0.1) is 0 Å². The van der Waals surface area contributed by atoms with Crippen molar-refractivity contribution >= 4 is 0 Å². The minimum absolute atomic E-state index is 0.200. The molecule has 1 rings (SSSR count). The van der Waals surface area contributed by atoms with Gasteiger partial charge in [-0.15, -0.1) is 0 Å². The van der Waals surface area contributed by atoms with Crippen LogP contribution in [0.1, 0.15) is 25.7 Å². The molecule has 84 valence electrons. The third kappa shape index (κ3) is 7.15. The van der Waals surface area contributed by atoms with Crippen LogP contribution in [0.5, 0.6) is 0 Å². The zero-order valence-electron chi connectivity index (χ0n) is 8.07. The van der Waals surface area contributed by atoms with E-state index in [2.05, 4.69) is 10.1 Å². The molecule has 0 spiro atoms. The third-order valence-electron chi connectivity index (χ3n) is 1.99. The van der Waals surface area contributed by atoms with Crippen molar-refractivity contribution in [2.45, 2.75) is 37.9 Å². The quantitative estimate of drug-likeness (QED) is 0.651. The second-order valence-corrected chi connectivity index (χ2v) is 3.60. The molecule has 14 heavy (non-hydrogen) atoms. The summed E-state index contributed by atoms with van der Waals surface area (Å²) in [5.74, 6) is 0. The van der Waals surface area contributed by atoms with Crippen molar-refractivity contribution in [3.05, 3.63) is 0 Å². The molecule has 1 aliphatic rings. The highest BCUT2D eigenvalue weighted by molar-refractivity contribution is 4.80. The largest absolute Gasteiger partial charge is 0.411 e. The Labute approximate surface area is 81.8 Å². The summed E-state index contributed by atoms with van der Waals surface area (Å²) in [4.78, 5) is 0. The molecule has 0 aromatic heterocycles. The van der Waals surface area contributed by atoms with Crippen molar-refractivity contribution in [3.8, 4) is 0 Å². The van der Waals surface area contributed by atoms with Gasteiger partial charge in [0.1, 0.15) is 6.61 Å². The average Bonchev–Trinajstić information content (AvgIpc) is 2.84. The summed E-state index contributed by atoms with van der Waals surface area (Å²) in [5.41, 5.74) is 0. The standard InChI is InChI=1S/C9H16F3NO/c10-9(11,12)7-14-6-2-1-5-13-8-3-4-8/h8,13H,1-7H2. The lowest BCUT2D eigenvalue weighted by Crippen LogP contribution is -2.19. The van der Waals surface area contributed by atoms with Gasteiger partial charge in [-0.2, -0.15) is 13.2 Å². The molecule has 1 aliphatic carbocycles. The Hall–Kier alpha value is -0.290. The van der Waals surface area contributed by atoms with Gasteiger partial charge >= 0.3 is 6.18 Å². The molecule has 0 aromatic rings. The first-order valence-electron chi connectivity index (χ1n) is 4.96. The van der Waals surface area contributed by atoms with Gasteiger partial charge < -0.3 is 10.1 Å². The lowest BCUT2D eigenvalue weighted by molar-refractivity contribution is -0.174. The molecule has 0 bridgehead atoms. The fourth-order valence-corrected chi connectivity index (χ4v) is 1.11. The summed E-state index contributed by atoms with van der Waals surface area (Å²) in [5, 5.41) is 3.29. The van der Waals surface area contributed by atoms with E-state index in [1.807, 2.05) is 0 Å². The monoisotopic (exact) mass is 211 g/mol. The maximum Gasteiger partial charge on any atom is 0.411 e. The highest BCUT2D eigenvalue weighted by Gasteiger charge is 2.27. The van der Waals surface area contributed by atoms with Crippen LogP contribution in [0.4, 0.5) is 13.2 Å². The fourth-order valence-electron chi connectivity index (χ4n) is 1.11. The van der Waals surface area contributed by atoms with E-state index in [0.717, 1.165) is 13.0 Å². The number of nitrogens with one attached hydrogen (secondary N) is 1. The number of hydrogen-bond acceptors (Lipinski definition) is 2. The normalized spacial score (nSPS) is 17.4. The Morgan fingerprint density at radius 3 is 2.50 bits per heavy atom. The van der Waals surface area contributed by atoms with Gasteiger partial charge in [-0.3, -0.25) is 0 Å². The number of rotatable bonds is 7. The number of alkyl halides is 3. The van der Waals surface area contributed by atoms with Crippen LogP contribution in [0.2, 0.25) is 0 Å². The summed E-state index contributed by atoms with van der Waals surface area (Å²) >= 11 is 0. The van der Waals surface area contributed by atoms with Crippen molar-refractivity contribution in [2.75, 3.05) is 19.8 Å². The van der Waals surface area contributed by atoms with Crippen LogP contribution in [0.25, 0.3) is 0 Å². The summed E-state index contributed by atoms with van der Waals surface area (Å²) in [6.07, 6.45) is -0.133. The first-order chi connectivity index (χ1) is 6.58. The molecule has 0 aromatic carbocycles. The van der Waals surface area contributed by atoms with Gasteiger partial charge in [-0.25, -0.2) is 0 Å². The highest BCUT2D eigenvalue weighted by atomic mass is 19.4. The molecule has 1 saturated carbocycles. The number of halogens is 3. The van der Waals surface area contributed by atoms with E-state index < -0.39 is 12.8 Å². The molecule has 0 radical (unpaired) electrons. The highest BCUT2D eigenvalue weighted by Crippen LogP contribution is 2.18. The predicted molar refractivity (Wildman–Crippen MR) is 47.1 cm³/mol. The lowest BCUT2D eigenvalue weighted by Gasteiger charge is -2.07. The second-order valence-electron chi connectivity index (χ2n) is 3.60. The molecule has 2 nitrogen and oxygen atoms in total.